The molecule has 0 aliphatic rings. The first kappa shape index (κ1) is 21.0. The van der Waals surface area contributed by atoms with Gasteiger partial charge in [-0.05, 0) is 36.4 Å². The highest BCUT2D eigenvalue weighted by Crippen LogP contribution is 2.37. The third kappa shape index (κ3) is 4.52. The summed E-state index contributed by atoms with van der Waals surface area (Å²) in [6.07, 6.45) is 1.89. The molecule has 0 aliphatic carbocycles. The van der Waals surface area contributed by atoms with Crippen LogP contribution in [0.3, 0.4) is 0 Å². The molecule has 0 unspecified atom stereocenters. The van der Waals surface area contributed by atoms with Crippen molar-refractivity contribution in [3.05, 3.63) is 130 Å². The van der Waals surface area contributed by atoms with Gasteiger partial charge < -0.3 is 9.15 Å². The third-order valence-electron chi connectivity index (χ3n) is 5.29. The summed E-state index contributed by atoms with van der Waals surface area (Å²) in [5.41, 5.74) is 3.84. The van der Waals surface area contributed by atoms with Crippen molar-refractivity contribution < 1.29 is 13.9 Å². The Hall–Kier alpha value is -3.89. The van der Waals surface area contributed by atoms with Gasteiger partial charge in [-0.15, -0.1) is 0 Å². The maximum Gasteiger partial charge on any atom is 0.343 e. The van der Waals surface area contributed by atoms with Crippen LogP contribution in [-0.2, 0) is 4.74 Å². The van der Waals surface area contributed by atoms with Gasteiger partial charge in [0.2, 0.25) is 0 Å². The molecule has 5 rings (SSSR count). The molecule has 33 heavy (non-hydrogen) atoms. The van der Waals surface area contributed by atoms with Gasteiger partial charge in [-0.3, -0.25) is 0 Å². The molecule has 1 heterocycles. The van der Waals surface area contributed by atoms with Crippen molar-refractivity contribution in [2.45, 2.75) is 0 Å². The lowest BCUT2D eigenvalue weighted by molar-refractivity contribution is 0.0693. The van der Waals surface area contributed by atoms with Crippen LogP contribution in [0.25, 0.3) is 34.1 Å². The number of halogens is 1. The Labute approximate surface area is 200 Å². The van der Waals surface area contributed by atoms with Crippen LogP contribution < -0.4 is 0 Å². The fraction of sp³-hybridized carbons (Fsp3) is 0. The van der Waals surface area contributed by atoms with E-state index in [4.69, 9.17) is 9.15 Å². The average molecular weight is 495 g/mol. The minimum atomic E-state index is -0.413. The Balaban J connectivity index is 1.67. The molecule has 0 bridgehead atoms. The fourth-order valence-corrected chi connectivity index (χ4v) is 3.93. The number of fused-ring (bicyclic) bond motifs is 1. The second-order valence-corrected chi connectivity index (χ2v) is 8.39. The van der Waals surface area contributed by atoms with Crippen LogP contribution in [0.5, 0.6) is 0 Å². The topological polar surface area (TPSA) is 39.4 Å². The summed E-state index contributed by atoms with van der Waals surface area (Å²) < 4.78 is 13.2. The van der Waals surface area contributed by atoms with Crippen molar-refractivity contribution in [2.75, 3.05) is 0 Å². The van der Waals surface area contributed by atoms with Crippen molar-refractivity contribution in [1.29, 1.82) is 0 Å². The minimum absolute atomic E-state index is 0.413. The zero-order valence-electron chi connectivity index (χ0n) is 17.6. The van der Waals surface area contributed by atoms with E-state index in [1.54, 1.807) is 12.1 Å². The van der Waals surface area contributed by atoms with Gasteiger partial charge in [-0.2, -0.15) is 0 Å². The molecule has 0 fully saturated rings. The molecule has 0 saturated carbocycles. The monoisotopic (exact) mass is 494 g/mol. The zero-order valence-corrected chi connectivity index (χ0v) is 19.2. The third-order valence-corrected chi connectivity index (χ3v) is 5.81. The molecule has 0 N–H and O–H groups in total. The molecule has 1 aromatic heterocycles. The predicted octanol–water partition coefficient (Wildman–Crippen LogP) is 8.22. The Morgan fingerprint density at radius 3 is 2.03 bits per heavy atom. The fourth-order valence-electron chi connectivity index (χ4n) is 3.66. The van der Waals surface area contributed by atoms with Crippen LogP contribution >= 0.6 is 15.9 Å². The Bertz CT molecular complexity index is 1430. The summed E-state index contributed by atoms with van der Waals surface area (Å²) in [5.74, 6) is 0.756. The van der Waals surface area contributed by atoms with E-state index < -0.39 is 5.97 Å². The molecule has 0 atom stereocenters. The normalized spacial score (nSPS) is 11.5. The van der Waals surface area contributed by atoms with Crippen molar-refractivity contribution >= 4 is 44.7 Å². The Morgan fingerprint density at radius 1 is 0.727 bits per heavy atom. The Morgan fingerprint density at radius 2 is 1.33 bits per heavy atom. The van der Waals surface area contributed by atoms with E-state index in [2.05, 4.69) is 15.9 Å². The zero-order chi connectivity index (χ0) is 22.6. The molecular formula is C29H19BrO3. The van der Waals surface area contributed by atoms with Crippen molar-refractivity contribution in [3.8, 4) is 11.3 Å². The van der Waals surface area contributed by atoms with E-state index in [-0.39, 0.29) is 0 Å². The number of hydrogen-bond acceptors (Lipinski definition) is 3. The highest BCUT2D eigenvalue weighted by molar-refractivity contribution is 9.10. The van der Waals surface area contributed by atoms with Crippen LogP contribution in [0.15, 0.2) is 118 Å². The second kappa shape index (κ2) is 9.31. The van der Waals surface area contributed by atoms with Gasteiger partial charge in [0.15, 0.2) is 0 Å². The first-order valence-corrected chi connectivity index (χ1v) is 11.3. The van der Waals surface area contributed by atoms with E-state index in [0.717, 1.165) is 32.1 Å². The summed E-state index contributed by atoms with van der Waals surface area (Å²) in [4.78, 5) is 12.9. The lowest BCUT2D eigenvalue weighted by Crippen LogP contribution is -2.04. The average Bonchev–Trinajstić information content (AvgIpc) is 3.23. The van der Waals surface area contributed by atoms with Crippen LogP contribution in [0.4, 0.5) is 0 Å². The van der Waals surface area contributed by atoms with Gasteiger partial charge in [0.25, 0.3) is 0 Å². The largest absolute Gasteiger partial charge is 0.455 e. The molecule has 0 aliphatic heterocycles. The number of carbonyl (C=O) groups excluding carboxylic acids is 1. The van der Waals surface area contributed by atoms with Gasteiger partial charge >= 0.3 is 5.97 Å². The molecule has 0 saturated heterocycles. The number of rotatable bonds is 5. The summed E-state index contributed by atoms with van der Waals surface area (Å²) in [6.45, 7) is 0. The van der Waals surface area contributed by atoms with E-state index in [1.165, 1.54) is 0 Å². The predicted molar refractivity (Wildman–Crippen MR) is 136 cm³/mol. The summed E-state index contributed by atoms with van der Waals surface area (Å²) >= 11 is 3.49. The molecule has 0 spiro atoms. The van der Waals surface area contributed by atoms with Crippen molar-refractivity contribution in [3.63, 3.8) is 0 Å². The van der Waals surface area contributed by atoms with Crippen molar-refractivity contribution in [2.24, 2.45) is 0 Å². The molecular weight excluding hydrogens is 476 g/mol. The van der Waals surface area contributed by atoms with Crippen LogP contribution in [0.2, 0.25) is 0 Å². The van der Waals surface area contributed by atoms with Gasteiger partial charge in [-0.1, -0.05) is 94.8 Å². The van der Waals surface area contributed by atoms with Crippen LogP contribution in [0, 0.1) is 0 Å². The van der Waals surface area contributed by atoms with Crippen LogP contribution in [0.1, 0.15) is 21.5 Å². The molecule has 3 nitrogen and oxygen atoms in total. The summed E-state index contributed by atoms with van der Waals surface area (Å²) in [6, 6.07) is 34.4. The number of esters is 1. The van der Waals surface area contributed by atoms with E-state index in [9.17, 15) is 4.79 Å². The quantitative estimate of drug-likeness (QED) is 0.182. The smallest absolute Gasteiger partial charge is 0.343 e. The lowest BCUT2D eigenvalue weighted by Gasteiger charge is -2.10. The number of carbonyl (C=O) groups is 1. The number of ether oxygens (including phenoxy) is 1. The number of benzene rings is 4. The molecule has 160 valence electrons. The van der Waals surface area contributed by atoms with E-state index in [0.29, 0.717) is 17.1 Å². The lowest BCUT2D eigenvalue weighted by atomic mass is 10.0. The molecule has 4 aromatic carbocycles. The number of furan rings is 1. The highest BCUT2D eigenvalue weighted by Gasteiger charge is 2.18. The van der Waals surface area contributed by atoms with Gasteiger partial charge in [0.1, 0.15) is 17.1 Å². The number of hydrogen-bond donors (Lipinski definition) is 0. The van der Waals surface area contributed by atoms with Crippen LogP contribution in [-0.4, -0.2) is 5.97 Å². The second-order valence-electron chi connectivity index (χ2n) is 7.48. The highest BCUT2D eigenvalue weighted by atomic mass is 79.9. The minimum Gasteiger partial charge on any atom is -0.455 e. The van der Waals surface area contributed by atoms with Gasteiger partial charge in [-0.25, -0.2) is 4.79 Å². The summed E-state index contributed by atoms with van der Waals surface area (Å²) in [7, 11) is 0. The molecule has 0 amide bonds. The summed E-state index contributed by atoms with van der Waals surface area (Å²) in [5, 5.41) is 0.944. The van der Waals surface area contributed by atoms with E-state index >= 15 is 0 Å². The first-order valence-electron chi connectivity index (χ1n) is 10.5. The standard InChI is InChI=1S/C29H19BrO3/c30-23-17-15-21(16-18-23)28-25(24-13-7-8-14-26(24)32-28)19-27(20-9-3-1-4-10-20)33-29(31)22-11-5-2-6-12-22/h1-19H/b27-19-. The van der Waals surface area contributed by atoms with E-state index in [1.807, 2.05) is 103 Å². The first-order chi connectivity index (χ1) is 16.2. The van der Waals surface area contributed by atoms with Crippen molar-refractivity contribution in [1.82, 2.24) is 0 Å². The van der Waals surface area contributed by atoms with Gasteiger partial charge in [0.05, 0.1) is 5.56 Å². The van der Waals surface area contributed by atoms with Gasteiger partial charge in [0, 0.05) is 26.5 Å². The molecule has 0 radical (unpaired) electrons. The Kier molecular flexibility index (Phi) is 5.92. The maximum absolute atomic E-state index is 12.9. The molecule has 5 aromatic rings. The maximum atomic E-state index is 12.9. The SMILES string of the molecule is O=C(O/C(=C\c1c(-c2ccc(Br)cc2)oc2ccccc12)c1ccccc1)c1ccccc1. The number of para-hydroxylation sites is 1. The molecule has 4 heteroatoms.